The Morgan fingerprint density at radius 2 is 2.14 bits per heavy atom. The SMILES string of the molecule is Cl.[C-]#[N+][C@@H]1CCCN1C(=O)CN[C@@H]1C[C@@H]2C[C@H]([C@H]1C)C2(C)C. The van der Waals surface area contributed by atoms with Gasteiger partial charge in [-0.25, -0.2) is 6.57 Å². The first-order valence-corrected chi connectivity index (χ1v) is 8.34. The fraction of sp³-hybridized carbons (Fsp3) is 0.882. The molecule has 5 heteroatoms. The van der Waals surface area contributed by atoms with Gasteiger partial charge in [0.15, 0.2) is 0 Å². The van der Waals surface area contributed by atoms with Crippen LogP contribution in [0.5, 0.6) is 0 Å². The zero-order valence-electron chi connectivity index (χ0n) is 13.8. The van der Waals surface area contributed by atoms with Crippen molar-refractivity contribution in [1.82, 2.24) is 10.2 Å². The molecule has 0 spiro atoms. The van der Waals surface area contributed by atoms with Gasteiger partial charge >= 0.3 is 6.17 Å². The van der Waals surface area contributed by atoms with E-state index >= 15 is 0 Å². The Hall–Kier alpha value is -0.790. The predicted molar refractivity (Wildman–Crippen MR) is 89.5 cm³/mol. The number of hydrogen-bond acceptors (Lipinski definition) is 2. The lowest BCUT2D eigenvalue weighted by atomic mass is 9.45. The van der Waals surface area contributed by atoms with E-state index in [2.05, 4.69) is 30.9 Å². The third-order valence-corrected chi connectivity index (χ3v) is 6.56. The second-order valence-corrected chi connectivity index (χ2v) is 7.78. The van der Waals surface area contributed by atoms with E-state index in [1.807, 2.05) is 0 Å². The lowest BCUT2D eigenvalue weighted by Gasteiger charge is -2.62. The molecule has 5 atom stereocenters. The molecule has 4 aliphatic rings. The van der Waals surface area contributed by atoms with Crippen molar-refractivity contribution in [3.05, 3.63) is 11.4 Å². The molecule has 1 heterocycles. The van der Waals surface area contributed by atoms with E-state index in [-0.39, 0.29) is 24.5 Å². The maximum atomic E-state index is 12.3. The van der Waals surface area contributed by atoms with Gasteiger partial charge in [-0.1, -0.05) is 20.8 Å². The molecule has 0 radical (unpaired) electrons. The Kier molecular flexibility index (Phi) is 5.09. The summed E-state index contributed by atoms with van der Waals surface area (Å²) in [5, 5.41) is 3.50. The summed E-state index contributed by atoms with van der Waals surface area (Å²) < 4.78 is 0. The highest BCUT2D eigenvalue weighted by Gasteiger charge is 2.56. The van der Waals surface area contributed by atoms with Gasteiger partial charge in [0, 0.05) is 19.0 Å². The number of nitrogens with one attached hydrogen (secondary N) is 1. The van der Waals surface area contributed by atoms with E-state index in [9.17, 15) is 4.79 Å². The topological polar surface area (TPSA) is 36.7 Å². The van der Waals surface area contributed by atoms with E-state index in [1.165, 1.54) is 12.8 Å². The average Bonchev–Trinajstić information content (AvgIpc) is 2.93. The number of carbonyl (C=O) groups is 1. The molecule has 1 amide bonds. The molecule has 2 bridgehead atoms. The van der Waals surface area contributed by atoms with Crippen LogP contribution in [0.15, 0.2) is 0 Å². The molecule has 0 unspecified atom stereocenters. The summed E-state index contributed by atoms with van der Waals surface area (Å²) in [5.41, 5.74) is 0.492. The Labute approximate surface area is 140 Å². The molecule has 0 aromatic heterocycles. The first-order chi connectivity index (χ1) is 9.95. The van der Waals surface area contributed by atoms with Crippen molar-refractivity contribution in [3.63, 3.8) is 0 Å². The standard InChI is InChI=1S/C17H27N3O.ClH/c1-11-13-8-12(17(13,2)3)9-14(11)19-10-16(21)20-7-5-6-15(20)18-4;/h11-15,19H,5-10H2,1-3H3;1H/t11-,12+,13-,14-,15+;/m1./s1. The second-order valence-electron chi connectivity index (χ2n) is 7.78. The van der Waals surface area contributed by atoms with Crippen molar-refractivity contribution in [3.8, 4) is 0 Å². The van der Waals surface area contributed by atoms with Crippen LogP contribution in [-0.4, -0.2) is 36.1 Å². The van der Waals surface area contributed by atoms with Gasteiger partial charge in [-0.15, -0.1) is 12.4 Å². The molecule has 1 saturated heterocycles. The highest BCUT2D eigenvalue weighted by atomic mass is 35.5. The van der Waals surface area contributed by atoms with E-state index < -0.39 is 0 Å². The van der Waals surface area contributed by atoms with Crippen molar-refractivity contribution in [1.29, 1.82) is 0 Å². The number of halogens is 1. The number of carbonyl (C=O) groups excluding carboxylic acids is 1. The molecule has 1 N–H and O–H groups in total. The lowest BCUT2D eigenvalue weighted by molar-refractivity contribution is -0.133. The summed E-state index contributed by atoms with van der Waals surface area (Å²) in [5.74, 6) is 2.37. The predicted octanol–water partition coefficient (Wildman–Crippen LogP) is 2.94. The van der Waals surface area contributed by atoms with Crippen molar-refractivity contribution < 1.29 is 4.79 Å². The minimum Gasteiger partial charge on any atom is -0.305 e. The largest absolute Gasteiger partial charge is 0.305 e. The molecule has 124 valence electrons. The maximum Gasteiger partial charge on any atom is 0.300 e. The minimum absolute atomic E-state index is 0. The first kappa shape index (κ1) is 17.6. The van der Waals surface area contributed by atoms with Gasteiger partial charge in [0.25, 0.3) is 0 Å². The molecule has 1 aliphatic heterocycles. The average molecular weight is 326 g/mol. The Bertz CT molecular complexity index is 473. The minimum atomic E-state index is -0.213. The van der Waals surface area contributed by atoms with Gasteiger partial charge in [0.1, 0.15) is 0 Å². The highest BCUT2D eigenvalue weighted by Crippen LogP contribution is 2.61. The molecule has 22 heavy (non-hydrogen) atoms. The zero-order chi connectivity index (χ0) is 15.2. The van der Waals surface area contributed by atoms with Crippen molar-refractivity contribution >= 4 is 18.3 Å². The Balaban J connectivity index is 0.00000176. The number of hydrogen-bond donors (Lipinski definition) is 1. The Morgan fingerprint density at radius 3 is 2.73 bits per heavy atom. The fourth-order valence-corrected chi connectivity index (χ4v) is 4.91. The van der Waals surface area contributed by atoms with Crippen LogP contribution in [0.4, 0.5) is 0 Å². The van der Waals surface area contributed by atoms with Crippen LogP contribution in [0.3, 0.4) is 0 Å². The van der Waals surface area contributed by atoms with Gasteiger partial charge < -0.3 is 5.32 Å². The fourth-order valence-electron chi connectivity index (χ4n) is 4.91. The number of amides is 1. The van der Waals surface area contributed by atoms with E-state index in [4.69, 9.17) is 6.57 Å². The Morgan fingerprint density at radius 1 is 1.41 bits per heavy atom. The molecular formula is C17H28ClN3O. The first-order valence-electron chi connectivity index (χ1n) is 8.34. The summed E-state index contributed by atoms with van der Waals surface area (Å²) in [6, 6.07) is 0.472. The molecule has 3 saturated carbocycles. The molecule has 4 nitrogen and oxygen atoms in total. The van der Waals surface area contributed by atoms with Gasteiger partial charge in [0.05, 0.1) is 6.54 Å². The molecule has 4 fully saturated rings. The molecule has 3 aliphatic carbocycles. The van der Waals surface area contributed by atoms with E-state index in [1.54, 1.807) is 4.90 Å². The van der Waals surface area contributed by atoms with Crippen LogP contribution >= 0.6 is 12.4 Å². The van der Waals surface area contributed by atoms with Crippen LogP contribution in [-0.2, 0) is 4.79 Å². The maximum absolute atomic E-state index is 12.3. The van der Waals surface area contributed by atoms with Gasteiger partial charge in [-0.3, -0.25) is 14.5 Å². The van der Waals surface area contributed by atoms with Gasteiger partial charge in [0.2, 0.25) is 5.91 Å². The lowest BCUT2D eigenvalue weighted by Crippen LogP contribution is -2.60. The second kappa shape index (κ2) is 6.37. The number of likely N-dealkylation sites (tertiary alicyclic amines) is 1. The van der Waals surface area contributed by atoms with Crippen molar-refractivity contribution in [2.75, 3.05) is 13.1 Å². The summed E-state index contributed by atoms with van der Waals surface area (Å²) in [6.07, 6.45) is 4.16. The summed E-state index contributed by atoms with van der Waals surface area (Å²) in [6.45, 7) is 15.5. The molecule has 0 aromatic carbocycles. The summed E-state index contributed by atoms with van der Waals surface area (Å²) >= 11 is 0. The van der Waals surface area contributed by atoms with Crippen LogP contribution in [0, 0.1) is 29.7 Å². The summed E-state index contributed by atoms with van der Waals surface area (Å²) in [4.78, 5) is 17.6. The molecule has 0 aromatic rings. The normalized spacial score (nSPS) is 38.6. The quantitative estimate of drug-likeness (QED) is 0.810. The van der Waals surface area contributed by atoms with Crippen LogP contribution in [0.1, 0.15) is 46.5 Å². The monoisotopic (exact) mass is 325 g/mol. The number of fused-ring (bicyclic) bond motifs is 2. The highest BCUT2D eigenvalue weighted by molar-refractivity contribution is 5.85. The van der Waals surface area contributed by atoms with E-state index in [0.717, 1.165) is 31.2 Å². The smallest absolute Gasteiger partial charge is 0.300 e. The third-order valence-electron chi connectivity index (χ3n) is 6.56. The molecular weight excluding hydrogens is 298 g/mol. The number of nitrogens with zero attached hydrogens (tertiary/aromatic N) is 2. The molecule has 4 rings (SSSR count). The number of rotatable bonds is 3. The van der Waals surface area contributed by atoms with Crippen molar-refractivity contribution in [2.24, 2.45) is 23.2 Å². The summed E-state index contributed by atoms with van der Waals surface area (Å²) in [7, 11) is 0. The van der Waals surface area contributed by atoms with Crippen LogP contribution in [0.2, 0.25) is 0 Å². The van der Waals surface area contributed by atoms with Crippen molar-refractivity contribution in [2.45, 2.75) is 58.7 Å². The van der Waals surface area contributed by atoms with E-state index in [0.29, 0.717) is 23.9 Å². The third kappa shape index (κ3) is 2.74. The zero-order valence-corrected chi connectivity index (χ0v) is 14.7. The van der Waals surface area contributed by atoms with Crippen LogP contribution < -0.4 is 5.32 Å². The van der Waals surface area contributed by atoms with Crippen LogP contribution in [0.25, 0.3) is 4.85 Å². The van der Waals surface area contributed by atoms with Gasteiger partial charge in [-0.05, 0) is 42.4 Å². The van der Waals surface area contributed by atoms with Gasteiger partial charge in [-0.2, -0.15) is 0 Å².